The van der Waals surface area contributed by atoms with Crippen molar-refractivity contribution < 1.29 is 22.7 Å². The largest absolute Gasteiger partial charge is 0.456 e. The molecule has 8 nitrogen and oxygen atoms in total. The number of ether oxygens (including phenoxy) is 1. The molecule has 0 aliphatic carbocycles. The minimum Gasteiger partial charge on any atom is -0.456 e. The van der Waals surface area contributed by atoms with Crippen molar-refractivity contribution in [2.75, 3.05) is 13.2 Å². The van der Waals surface area contributed by atoms with E-state index in [1.807, 2.05) is 19.9 Å². The average molecular weight is 410 g/mol. The lowest BCUT2D eigenvalue weighted by molar-refractivity contribution is -0.148. The van der Waals surface area contributed by atoms with Gasteiger partial charge in [-0.2, -0.15) is 5.26 Å². The van der Waals surface area contributed by atoms with Crippen LogP contribution in [0.3, 0.4) is 0 Å². The monoisotopic (exact) mass is 409 g/mol. The maximum absolute atomic E-state index is 12.2. The first kappa shape index (κ1) is 23.6. The highest BCUT2D eigenvalue weighted by atomic mass is 32.2. The highest BCUT2D eigenvalue weighted by molar-refractivity contribution is 7.89. The van der Waals surface area contributed by atoms with Gasteiger partial charge in [0.25, 0.3) is 5.91 Å². The SMILES string of the molecule is Cc1ccc(S(=O)(=O)NCCC(=O)OCC(=O)N[C@@](C)(C#N)C(C)C)cc1C. The van der Waals surface area contributed by atoms with E-state index in [9.17, 15) is 18.0 Å². The molecule has 0 spiro atoms. The second kappa shape index (κ2) is 9.66. The van der Waals surface area contributed by atoms with Crippen molar-refractivity contribution in [3.63, 3.8) is 0 Å². The van der Waals surface area contributed by atoms with Crippen LogP contribution in [0.1, 0.15) is 38.3 Å². The minimum atomic E-state index is -3.74. The lowest BCUT2D eigenvalue weighted by Crippen LogP contribution is -2.50. The van der Waals surface area contributed by atoms with Crippen LogP contribution >= 0.6 is 0 Å². The number of nitriles is 1. The van der Waals surface area contributed by atoms with Crippen LogP contribution in [0.25, 0.3) is 0 Å². The Morgan fingerprint density at radius 3 is 2.43 bits per heavy atom. The molecule has 1 amide bonds. The summed E-state index contributed by atoms with van der Waals surface area (Å²) >= 11 is 0. The minimum absolute atomic E-state index is 0.118. The third kappa shape index (κ3) is 6.62. The van der Waals surface area contributed by atoms with Crippen molar-refractivity contribution in [1.82, 2.24) is 10.0 Å². The number of hydrogen-bond acceptors (Lipinski definition) is 6. The summed E-state index contributed by atoms with van der Waals surface area (Å²) in [7, 11) is -3.74. The van der Waals surface area contributed by atoms with Gasteiger partial charge in [-0.3, -0.25) is 9.59 Å². The van der Waals surface area contributed by atoms with E-state index in [1.165, 1.54) is 6.07 Å². The van der Waals surface area contributed by atoms with Gasteiger partial charge in [-0.05, 0) is 49.9 Å². The number of hydrogen-bond donors (Lipinski definition) is 2. The Morgan fingerprint density at radius 1 is 1.25 bits per heavy atom. The molecular formula is C19H27N3O5S. The third-order valence-corrected chi connectivity index (χ3v) is 6.02. The third-order valence-electron chi connectivity index (χ3n) is 4.56. The number of nitrogens with zero attached hydrogens (tertiary/aromatic N) is 1. The fraction of sp³-hybridized carbons (Fsp3) is 0.526. The maximum Gasteiger partial charge on any atom is 0.307 e. The van der Waals surface area contributed by atoms with Crippen molar-refractivity contribution in [1.29, 1.82) is 5.26 Å². The Morgan fingerprint density at radius 2 is 1.89 bits per heavy atom. The fourth-order valence-corrected chi connectivity index (χ4v) is 3.21. The van der Waals surface area contributed by atoms with Gasteiger partial charge in [0.2, 0.25) is 10.0 Å². The van der Waals surface area contributed by atoms with E-state index in [2.05, 4.69) is 10.0 Å². The number of esters is 1. The van der Waals surface area contributed by atoms with E-state index in [4.69, 9.17) is 10.00 Å². The van der Waals surface area contributed by atoms with Gasteiger partial charge in [0.15, 0.2) is 6.61 Å². The number of aryl methyl sites for hydroxylation is 2. The topological polar surface area (TPSA) is 125 Å². The lowest BCUT2D eigenvalue weighted by Gasteiger charge is -2.27. The summed E-state index contributed by atoms with van der Waals surface area (Å²) in [6, 6.07) is 6.78. The number of sulfonamides is 1. The molecule has 0 fully saturated rings. The molecular weight excluding hydrogens is 382 g/mol. The maximum atomic E-state index is 12.2. The smallest absolute Gasteiger partial charge is 0.307 e. The van der Waals surface area contributed by atoms with Gasteiger partial charge in [-0.25, -0.2) is 13.1 Å². The Balaban J connectivity index is 2.47. The predicted octanol–water partition coefficient (Wildman–Crippen LogP) is 1.57. The molecule has 0 unspecified atom stereocenters. The molecule has 1 aromatic rings. The zero-order valence-corrected chi connectivity index (χ0v) is 17.6. The summed E-state index contributed by atoms with van der Waals surface area (Å²) in [6.07, 6.45) is -0.225. The summed E-state index contributed by atoms with van der Waals surface area (Å²) in [6.45, 7) is 8.16. The predicted molar refractivity (Wildman–Crippen MR) is 104 cm³/mol. The molecule has 1 aromatic carbocycles. The van der Waals surface area contributed by atoms with E-state index < -0.39 is 34.0 Å². The normalized spacial score (nSPS) is 13.5. The molecule has 1 rings (SSSR count). The van der Waals surface area contributed by atoms with Gasteiger partial charge in [-0.15, -0.1) is 0 Å². The molecule has 0 aliphatic heterocycles. The molecule has 1 atom stereocenters. The van der Waals surface area contributed by atoms with Crippen molar-refractivity contribution in [2.45, 2.75) is 51.5 Å². The van der Waals surface area contributed by atoms with Crippen molar-refractivity contribution in [2.24, 2.45) is 5.92 Å². The number of rotatable bonds is 9. The summed E-state index contributed by atoms with van der Waals surface area (Å²) in [5, 5.41) is 11.7. The van der Waals surface area contributed by atoms with Crippen LogP contribution in [0.2, 0.25) is 0 Å². The molecule has 0 saturated heterocycles. The first-order valence-corrected chi connectivity index (χ1v) is 10.3. The van der Waals surface area contributed by atoms with Gasteiger partial charge < -0.3 is 10.1 Å². The van der Waals surface area contributed by atoms with Crippen LogP contribution in [-0.2, 0) is 24.3 Å². The molecule has 0 radical (unpaired) electrons. The molecule has 28 heavy (non-hydrogen) atoms. The lowest BCUT2D eigenvalue weighted by atomic mass is 9.90. The van der Waals surface area contributed by atoms with Gasteiger partial charge in [0.1, 0.15) is 5.54 Å². The summed E-state index contributed by atoms with van der Waals surface area (Å²) in [4.78, 5) is 23.7. The number of benzene rings is 1. The van der Waals surface area contributed by atoms with Crippen LogP contribution in [0, 0.1) is 31.1 Å². The molecule has 0 aliphatic rings. The molecule has 0 bridgehead atoms. The zero-order valence-electron chi connectivity index (χ0n) is 16.8. The average Bonchev–Trinajstić information content (AvgIpc) is 2.61. The first-order valence-electron chi connectivity index (χ1n) is 8.86. The molecule has 0 saturated carbocycles. The Bertz CT molecular complexity index is 874. The van der Waals surface area contributed by atoms with Crippen molar-refractivity contribution in [3.05, 3.63) is 29.3 Å². The van der Waals surface area contributed by atoms with Gasteiger partial charge in [-0.1, -0.05) is 19.9 Å². The molecule has 0 heterocycles. The zero-order chi connectivity index (χ0) is 21.5. The number of nitrogens with one attached hydrogen (secondary N) is 2. The van der Waals surface area contributed by atoms with E-state index in [0.29, 0.717) is 0 Å². The Labute approximate surface area is 166 Å². The van der Waals surface area contributed by atoms with E-state index >= 15 is 0 Å². The van der Waals surface area contributed by atoms with Crippen LogP contribution in [-0.4, -0.2) is 39.0 Å². The molecule has 2 N–H and O–H groups in total. The van der Waals surface area contributed by atoms with Gasteiger partial charge >= 0.3 is 5.97 Å². The summed E-state index contributed by atoms with van der Waals surface area (Å²) in [5.41, 5.74) is 0.760. The van der Waals surface area contributed by atoms with Gasteiger partial charge in [0.05, 0.1) is 17.4 Å². The fourth-order valence-electron chi connectivity index (χ4n) is 2.10. The summed E-state index contributed by atoms with van der Waals surface area (Å²) in [5.74, 6) is -1.44. The van der Waals surface area contributed by atoms with E-state index in [1.54, 1.807) is 32.9 Å². The second-order valence-electron chi connectivity index (χ2n) is 7.07. The summed E-state index contributed by atoms with van der Waals surface area (Å²) < 4.78 is 31.6. The standard InChI is InChI=1S/C19H27N3O5S/c1-13(2)19(5,12-20)22-17(23)11-27-18(24)8-9-21-28(25,26)16-7-6-14(3)15(4)10-16/h6-7,10,13,21H,8-9,11H2,1-5H3,(H,22,23)/t19-/m0/s1. The quantitative estimate of drug-likeness (QED) is 0.596. The van der Waals surface area contributed by atoms with E-state index in [0.717, 1.165) is 11.1 Å². The van der Waals surface area contributed by atoms with Crippen LogP contribution in [0.4, 0.5) is 0 Å². The van der Waals surface area contributed by atoms with Crippen LogP contribution < -0.4 is 10.0 Å². The number of carbonyl (C=O) groups is 2. The Kier molecular flexibility index (Phi) is 8.14. The van der Waals surface area contributed by atoms with Crippen molar-refractivity contribution >= 4 is 21.9 Å². The Hall–Kier alpha value is -2.44. The molecule has 9 heteroatoms. The van der Waals surface area contributed by atoms with Crippen LogP contribution in [0.15, 0.2) is 23.1 Å². The number of carbonyl (C=O) groups excluding carboxylic acids is 2. The highest BCUT2D eigenvalue weighted by Gasteiger charge is 2.30. The second-order valence-corrected chi connectivity index (χ2v) is 8.84. The van der Waals surface area contributed by atoms with E-state index in [-0.39, 0.29) is 23.8 Å². The van der Waals surface area contributed by atoms with Crippen LogP contribution in [0.5, 0.6) is 0 Å². The molecule has 0 aromatic heterocycles. The number of amides is 1. The highest BCUT2D eigenvalue weighted by Crippen LogP contribution is 2.15. The first-order chi connectivity index (χ1) is 12.9. The van der Waals surface area contributed by atoms with Gasteiger partial charge in [0, 0.05) is 6.54 Å². The molecule has 154 valence electrons. The van der Waals surface area contributed by atoms with Crippen molar-refractivity contribution in [3.8, 4) is 6.07 Å².